The Morgan fingerprint density at radius 3 is 3.09 bits per heavy atom. The number of aliphatic carboxylic acids is 1. The lowest BCUT2D eigenvalue weighted by molar-refractivity contribution is -0.153. The number of fused-ring (bicyclic) bond motifs is 1. The third kappa shape index (κ3) is 2.56. The van der Waals surface area contributed by atoms with Crippen molar-refractivity contribution in [1.29, 1.82) is 0 Å². The second kappa shape index (κ2) is 5.44. The summed E-state index contributed by atoms with van der Waals surface area (Å²) < 4.78 is 0. The Morgan fingerprint density at radius 1 is 1.50 bits per heavy atom. The van der Waals surface area contributed by atoms with Crippen LogP contribution >= 0.6 is 0 Å². The summed E-state index contributed by atoms with van der Waals surface area (Å²) in [4.78, 5) is 32.8. The van der Waals surface area contributed by atoms with Gasteiger partial charge < -0.3 is 15.0 Å². The first kappa shape index (κ1) is 14.6. The maximum Gasteiger partial charge on any atom is 0.311 e. The molecule has 1 unspecified atom stereocenters. The van der Waals surface area contributed by atoms with E-state index in [-0.39, 0.29) is 18.9 Å². The SMILES string of the molecule is CC1(C(=O)O)CCCN(C(=O)Cc2c[nH]c3ncccc23)C1. The third-order valence-electron chi connectivity index (χ3n) is 4.44. The van der Waals surface area contributed by atoms with E-state index in [4.69, 9.17) is 0 Å². The fourth-order valence-electron chi connectivity index (χ4n) is 3.06. The number of carbonyl (C=O) groups excluding carboxylic acids is 1. The molecule has 0 spiro atoms. The van der Waals surface area contributed by atoms with E-state index < -0.39 is 11.4 Å². The van der Waals surface area contributed by atoms with Gasteiger partial charge in [0.05, 0.1) is 11.8 Å². The Kier molecular flexibility index (Phi) is 3.60. The van der Waals surface area contributed by atoms with E-state index in [9.17, 15) is 14.7 Å². The van der Waals surface area contributed by atoms with Crippen molar-refractivity contribution in [2.24, 2.45) is 5.41 Å². The highest BCUT2D eigenvalue weighted by atomic mass is 16.4. The molecule has 2 N–H and O–H groups in total. The van der Waals surface area contributed by atoms with Crippen LogP contribution in [0.25, 0.3) is 11.0 Å². The molecule has 0 aromatic carbocycles. The Labute approximate surface area is 128 Å². The van der Waals surface area contributed by atoms with Crippen molar-refractivity contribution in [1.82, 2.24) is 14.9 Å². The zero-order valence-electron chi connectivity index (χ0n) is 12.5. The standard InChI is InChI=1S/C16H19N3O3/c1-16(15(21)22)5-3-7-19(10-16)13(20)8-11-9-18-14-12(11)4-2-6-17-14/h2,4,6,9H,3,5,7-8,10H2,1H3,(H,17,18)(H,21,22). The van der Waals surface area contributed by atoms with Crippen LogP contribution in [0.15, 0.2) is 24.5 Å². The third-order valence-corrected chi connectivity index (χ3v) is 4.44. The van der Waals surface area contributed by atoms with Crippen LogP contribution in [-0.2, 0) is 16.0 Å². The minimum absolute atomic E-state index is 0.0306. The number of likely N-dealkylation sites (tertiary alicyclic amines) is 1. The fourth-order valence-corrected chi connectivity index (χ4v) is 3.06. The second-order valence-corrected chi connectivity index (χ2v) is 6.17. The van der Waals surface area contributed by atoms with Gasteiger partial charge in [-0.1, -0.05) is 0 Å². The minimum atomic E-state index is -0.838. The highest BCUT2D eigenvalue weighted by Gasteiger charge is 2.39. The van der Waals surface area contributed by atoms with Crippen molar-refractivity contribution in [2.75, 3.05) is 13.1 Å². The molecule has 1 fully saturated rings. The molecule has 6 nitrogen and oxygen atoms in total. The number of nitrogens with one attached hydrogen (secondary N) is 1. The highest BCUT2D eigenvalue weighted by molar-refractivity contribution is 5.87. The molecular formula is C16H19N3O3. The summed E-state index contributed by atoms with van der Waals surface area (Å²) in [6.07, 6.45) is 5.11. The minimum Gasteiger partial charge on any atom is -0.481 e. The van der Waals surface area contributed by atoms with Crippen LogP contribution in [0.1, 0.15) is 25.3 Å². The number of H-pyrrole nitrogens is 1. The van der Waals surface area contributed by atoms with Crippen LogP contribution < -0.4 is 0 Å². The number of pyridine rings is 1. The zero-order valence-corrected chi connectivity index (χ0v) is 12.5. The van der Waals surface area contributed by atoms with E-state index in [0.717, 1.165) is 23.0 Å². The van der Waals surface area contributed by atoms with Gasteiger partial charge in [0, 0.05) is 30.9 Å². The quantitative estimate of drug-likeness (QED) is 0.905. The predicted octanol–water partition coefficient (Wildman–Crippen LogP) is 1.82. The number of hydrogen-bond donors (Lipinski definition) is 2. The van der Waals surface area contributed by atoms with Crippen LogP contribution in [-0.4, -0.2) is 44.9 Å². The number of piperidine rings is 1. The first-order valence-electron chi connectivity index (χ1n) is 7.42. The van der Waals surface area contributed by atoms with Crippen LogP contribution in [0.3, 0.4) is 0 Å². The lowest BCUT2D eigenvalue weighted by Crippen LogP contribution is -2.48. The average Bonchev–Trinajstić information content (AvgIpc) is 2.90. The van der Waals surface area contributed by atoms with Gasteiger partial charge >= 0.3 is 5.97 Å². The van der Waals surface area contributed by atoms with Gasteiger partial charge in [0.15, 0.2) is 0 Å². The van der Waals surface area contributed by atoms with Crippen molar-refractivity contribution in [3.05, 3.63) is 30.1 Å². The molecule has 3 rings (SSSR count). The molecule has 116 valence electrons. The smallest absolute Gasteiger partial charge is 0.311 e. The number of nitrogens with zero attached hydrogens (tertiary/aromatic N) is 2. The maximum atomic E-state index is 12.5. The molecule has 22 heavy (non-hydrogen) atoms. The molecule has 0 bridgehead atoms. The molecule has 3 heterocycles. The summed E-state index contributed by atoms with van der Waals surface area (Å²) in [7, 11) is 0. The number of aromatic amines is 1. The van der Waals surface area contributed by atoms with Gasteiger partial charge in [0.25, 0.3) is 0 Å². The van der Waals surface area contributed by atoms with Crippen LogP contribution in [0, 0.1) is 5.41 Å². The van der Waals surface area contributed by atoms with Crippen LogP contribution in [0.2, 0.25) is 0 Å². The van der Waals surface area contributed by atoms with E-state index in [0.29, 0.717) is 13.0 Å². The lowest BCUT2D eigenvalue weighted by atomic mass is 9.82. The summed E-state index contributed by atoms with van der Waals surface area (Å²) in [6.45, 7) is 2.62. The Morgan fingerprint density at radius 2 is 2.32 bits per heavy atom. The monoisotopic (exact) mass is 301 g/mol. The molecular weight excluding hydrogens is 282 g/mol. The van der Waals surface area contributed by atoms with Crippen molar-refractivity contribution in [3.63, 3.8) is 0 Å². The number of carboxylic acid groups (broad SMARTS) is 1. The summed E-state index contributed by atoms with van der Waals surface area (Å²) in [5.41, 5.74) is 0.824. The largest absolute Gasteiger partial charge is 0.481 e. The number of rotatable bonds is 3. The number of carboxylic acids is 1. The fraction of sp³-hybridized carbons (Fsp3) is 0.438. The average molecular weight is 301 g/mol. The molecule has 1 aliphatic rings. The van der Waals surface area contributed by atoms with E-state index in [1.807, 2.05) is 12.1 Å². The second-order valence-electron chi connectivity index (χ2n) is 6.17. The Bertz CT molecular complexity index is 724. The van der Waals surface area contributed by atoms with Gasteiger partial charge in [-0.2, -0.15) is 0 Å². The van der Waals surface area contributed by atoms with Gasteiger partial charge in [-0.15, -0.1) is 0 Å². The normalized spacial score (nSPS) is 22.0. The summed E-state index contributed by atoms with van der Waals surface area (Å²) >= 11 is 0. The maximum absolute atomic E-state index is 12.5. The predicted molar refractivity (Wildman–Crippen MR) is 81.4 cm³/mol. The molecule has 1 saturated heterocycles. The first-order valence-corrected chi connectivity index (χ1v) is 7.42. The molecule has 1 amide bonds. The molecule has 1 aliphatic heterocycles. The van der Waals surface area contributed by atoms with Crippen molar-refractivity contribution in [3.8, 4) is 0 Å². The van der Waals surface area contributed by atoms with Crippen LogP contribution in [0.5, 0.6) is 0 Å². The summed E-state index contributed by atoms with van der Waals surface area (Å²) in [5.74, 6) is -0.863. The van der Waals surface area contributed by atoms with Gasteiger partial charge in [0.1, 0.15) is 5.65 Å². The Hall–Kier alpha value is -2.37. The van der Waals surface area contributed by atoms with E-state index >= 15 is 0 Å². The highest BCUT2D eigenvalue weighted by Crippen LogP contribution is 2.30. The topological polar surface area (TPSA) is 86.3 Å². The summed E-state index contributed by atoms with van der Waals surface area (Å²) in [5, 5.41) is 10.3. The molecule has 2 aromatic heterocycles. The zero-order chi connectivity index (χ0) is 15.7. The van der Waals surface area contributed by atoms with Crippen molar-refractivity contribution in [2.45, 2.75) is 26.2 Å². The lowest BCUT2D eigenvalue weighted by Gasteiger charge is -2.37. The molecule has 1 atom stereocenters. The van der Waals surface area contributed by atoms with Gasteiger partial charge in [-0.05, 0) is 37.5 Å². The molecule has 0 aliphatic carbocycles. The van der Waals surface area contributed by atoms with Gasteiger partial charge in [-0.3, -0.25) is 9.59 Å². The number of aromatic nitrogens is 2. The number of carbonyl (C=O) groups is 2. The van der Waals surface area contributed by atoms with Gasteiger partial charge in [-0.25, -0.2) is 4.98 Å². The number of amides is 1. The van der Waals surface area contributed by atoms with Crippen molar-refractivity contribution >= 4 is 22.9 Å². The van der Waals surface area contributed by atoms with E-state index in [1.54, 1.807) is 24.2 Å². The Balaban J connectivity index is 1.76. The molecule has 6 heteroatoms. The van der Waals surface area contributed by atoms with E-state index in [1.165, 1.54) is 0 Å². The number of hydrogen-bond acceptors (Lipinski definition) is 3. The van der Waals surface area contributed by atoms with Crippen molar-refractivity contribution < 1.29 is 14.7 Å². The van der Waals surface area contributed by atoms with E-state index in [2.05, 4.69) is 9.97 Å². The van der Waals surface area contributed by atoms with Crippen LogP contribution in [0.4, 0.5) is 0 Å². The first-order chi connectivity index (χ1) is 10.5. The summed E-state index contributed by atoms with van der Waals surface area (Å²) in [6, 6.07) is 3.77. The van der Waals surface area contributed by atoms with Gasteiger partial charge in [0.2, 0.25) is 5.91 Å². The molecule has 0 saturated carbocycles. The molecule has 2 aromatic rings. The molecule has 0 radical (unpaired) electrons.